The second-order valence-corrected chi connectivity index (χ2v) is 4.87. The van der Waals surface area contributed by atoms with Crippen molar-refractivity contribution in [2.45, 2.75) is 26.2 Å². The molecule has 1 heterocycles. The number of rotatable bonds is 4. The van der Waals surface area contributed by atoms with Crippen LogP contribution in [0.25, 0.3) is 0 Å². The molecule has 0 spiro atoms. The molecule has 4 heteroatoms. The fourth-order valence-corrected chi connectivity index (χ4v) is 2.20. The number of aromatic nitrogens is 1. The predicted molar refractivity (Wildman–Crippen MR) is 68.2 cm³/mol. The maximum absolute atomic E-state index is 12.2. The minimum absolute atomic E-state index is 0.0121. The molecular weight excluding hydrogens is 236 g/mol. The van der Waals surface area contributed by atoms with Crippen LogP contribution >= 0.6 is 11.6 Å². The monoisotopic (exact) mass is 252 g/mol. The van der Waals surface area contributed by atoms with Gasteiger partial charge in [0, 0.05) is 13.1 Å². The molecule has 0 unspecified atom stereocenters. The lowest BCUT2D eigenvalue weighted by molar-refractivity contribution is 0.0700. The highest BCUT2D eigenvalue weighted by atomic mass is 35.5. The lowest BCUT2D eigenvalue weighted by atomic mass is 9.85. The van der Waals surface area contributed by atoms with Gasteiger partial charge in [-0.15, -0.1) is 0 Å². The molecule has 0 radical (unpaired) electrons. The van der Waals surface area contributed by atoms with Gasteiger partial charge in [-0.1, -0.05) is 24.1 Å². The molecule has 1 aliphatic rings. The summed E-state index contributed by atoms with van der Waals surface area (Å²) in [5.41, 5.74) is 0.443. The third kappa shape index (κ3) is 2.97. The highest BCUT2D eigenvalue weighted by molar-refractivity contribution is 6.29. The molecular formula is C13H17ClN2O. The number of halogens is 1. The van der Waals surface area contributed by atoms with Gasteiger partial charge < -0.3 is 4.90 Å². The molecule has 1 aromatic heterocycles. The predicted octanol–water partition coefficient (Wildman–Crippen LogP) is 3.00. The summed E-state index contributed by atoms with van der Waals surface area (Å²) in [6.45, 7) is 3.58. The van der Waals surface area contributed by atoms with E-state index < -0.39 is 0 Å². The molecule has 2 rings (SSSR count). The van der Waals surface area contributed by atoms with Crippen LogP contribution in [0.3, 0.4) is 0 Å². The Balaban J connectivity index is 2.05. The van der Waals surface area contributed by atoms with Crippen LogP contribution in [-0.4, -0.2) is 28.9 Å². The molecule has 17 heavy (non-hydrogen) atoms. The lowest BCUT2D eigenvalue weighted by Crippen LogP contribution is -2.37. The molecule has 0 bridgehead atoms. The zero-order chi connectivity index (χ0) is 12.3. The van der Waals surface area contributed by atoms with Crippen molar-refractivity contribution in [3.05, 3.63) is 29.0 Å². The lowest BCUT2D eigenvalue weighted by Gasteiger charge is -2.31. The van der Waals surface area contributed by atoms with E-state index in [4.69, 9.17) is 11.6 Å². The first-order chi connectivity index (χ1) is 8.20. The van der Waals surface area contributed by atoms with Crippen molar-refractivity contribution in [1.29, 1.82) is 0 Å². The molecule has 1 aliphatic carbocycles. The van der Waals surface area contributed by atoms with E-state index >= 15 is 0 Å². The average molecular weight is 253 g/mol. The van der Waals surface area contributed by atoms with Gasteiger partial charge in [-0.25, -0.2) is 4.98 Å². The topological polar surface area (TPSA) is 33.2 Å². The highest BCUT2D eigenvalue weighted by Gasteiger charge is 2.23. The number of pyridine rings is 1. The number of nitrogens with zero attached hydrogens (tertiary/aromatic N) is 2. The van der Waals surface area contributed by atoms with Crippen molar-refractivity contribution in [3.8, 4) is 0 Å². The van der Waals surface area contributed by atoms with E-state index in [9.17, 15) is 4.79 Å². The summed E-state index contributed by atoms with van der Waals surface area (Å²) in [7, 11) is 0. The van der Waals surface area contributed by atoms with Gasteiger partial charge in [-0.3, -0.25) is 4.79 Å². The summed E-state index contributed by atoms with van der Waals surface area (Å²) < 4.78 is 0. The van der Waals surface area contributed by atoms with Crippen molar-refractivity contribution >= 4 is 17.5 Å². The Morgan fingerprint density at radius 2 is 2.29 bits per heavy atom. The molecule has 0 aromatic carbocycles. The molecule has 1 fully saturated rings. The van der Waals surface area contributed by atoms with Crippen LogP contribution in [0.2, 0.25) is 5.15 Å². The van der Waals surface area contributed by atoms with E-state index in [1.54, 1.807) is 18.2 Å². The summed E-state index contributed by atoms with van der Waals surface area (Å²) in [4.78, 5) is 18.1. The van der Waals surface area contributed by atoms with Gasteiger partial charge >= 0.3 is 0 Å². The fraction of sp³-hybridized carbons (Fsp3) is 0.538. The minimum Gasteiger partial charge on any atom is -0.337 e. The van der Waals surface area contributed by atoms with Crippen LogP contribution in [0.4, 0.5) is 0 Å². The van der Waals surface area contributed by atoms with Crippen molar-refractivity contribution in [3.63, 3.8) is 0 Å². The van der Waals surface area contributed by atoms with E-state index in [-0.39, 0.29) is 5.91 Å². The summed E-state index contributed by atoms with van der Waals surface area (Å²) >= 11 is 5.80. The van der Waals surface area contributed by atoms with Gasteiger partial charge in [0.25, 0.3) is 5.91 Å². The number of carbonyl (C=O) groups is 1. The summed E-state index contributed by atoms with van der Waals surface area (Å²) in [6, 6.07) is 5.16. The van der Waals surface area contributed by atoms with Crippen LogP contribution in [-0.2, 0) is 0 Å². The second-order valence-electron chi connectivity index (χ2n) is 4.49. The van der Waals surface area contributed by atoms with Crippen molar-refractivity contribution in [1.82, 2.24) is 9.88 Å². The van der Waals surface area contributed by atoms with E-state index in [0.29, 0.717) is 16.8 Å². The third-order valence-corrected chi connectivity index (χ3v) is 3.52. The minimum atomic E-state index is -0.0121. The summed E-state index contributed by atoms with van der Waals surface area (Å²) in [5, 5.41) is 0.371. The number of hydrogen-bond acceptors (Lipinski definition) is 2. The first-order valence-corrected chi connectivity index (χ1v) is 6.50. The molecule has 0 saturated heterocycles. The van der Waals surface area contributed by atoms with Gasteiger partial charge in [-0.05, 0) is 37.8 Å². The number of hydrogen-bond donors (Lipinski definition) is 0. The van der Waals surface area contributed by atoms with E-state index in [2.05, 4.69) is 4.98 Å². The Bertz CT molecular complexity index is 404. The Hall–Kier alpha value is -1.09. The van der Waals surface area contributed by atoms with Gasteiger partial charge in [-0.2, -0.15) is 0 Å². The van der Waals surface area contributed by atoms with Crippen LogP contribution in [0.15, 0.2) is 18.2 Å². The van der Waals surface area contributed by atoms with Crippen LogP contribution in [0.1, 0.15) is 36.7 Å². The van der Waals surface area contributed by atoms with Crippen molar-refractivity contribution < 1.29 is 4.79 Å². The quantitative estimate of drug-likeness (QED) is 0.772. The fourth-order valence-electron chi connectivity index (χ4n) is 2.03. The maximum Gasteiger partial charge on any atom is 0.272 e. The zero-order valence-electron chi connectivity index (χ0n) is 10.0. The van der Waals surface area contributed by atoms with Gasteiger partial charge in [0.15, 0.2) is 0 Å². The highest BCUT2D eigenvalue weighted by Crippen LogP contribution is 2.27. The Labute approximate surface area is 107 Å². The van der Waals surface area contributed by atoms with Gasteiger partial charge in [0.2, 0.25) is 0 Å². The number of amides is 1. The van der Waals surface area contributed by atoms with Crippen molar-refractivity contribution in [2.24, 2.45) is 5.92 Å². The standard InChI is InChI=1S/C13H17ClN2O/c1-2-16(9-10-5-3-6-10)13(17)11-7-4-8-12(14)15-11/h4,7-8,10H,2-3,5-6,9H2,1H3. The van der Waals surface area contributed by atoms with E-state index in [1.165, 1.54) is 19.3 Å². The first-order valence-electron chi connectivity index (χ1n) is 6.12. The van der Waals surface area contributed by atoms with Gasteiger partial charge in [0.05, 0.1) is 0 Å². The average Bonchev–Trinajstić information content (AvgIpc) is 2.27. The van der Waals surface area contributed by atoms with Crippen LogP contribution < -0.4 is 0 Å². The molecule has 1 amide bonds. The normalized spacial score (nSPS) is 15.4. The second kappa shape index (κ2) is 5.50. The van der Waals surface area contributed by atoms with Gasteiger partial charge in [0.1, 0.15) is 10.8 Å². The molecule has 92 valence electrons. The summed E-state index contributed by atoms with van der Waals surface area (Å²) in [5.74, 6) is 0.667. The van der Waals surface area contributed by atoms with Crippen molar-refractivity contribution in [2.75, 3.05) is 13.1 Å². The SMILES string of the molecule is CCN(CC1CCC1)C(=O)c1cccc(Cl)n1. The third-order valence-electron chi connectivity index (χ3n) is 3.31. The van der Waals surface area contributed by atoms with Crippen LogP contribution in [0, 0.1) is 5.92 Å². The van der Waals surface area contributed by atoms with E-state index in [0.717, 1.165) is 13.1 Å². The van der Waals surface area contributed by atoms with E-state index in [1.807, 2.05) is 11.8 Å². The maximum atomic E-state index is 12.2. The molecule has 0 N–H and O–H groups in total. The summed E-state index contributed by atoms with van der Waals surface area (Å²) in [6.07, 6.45) is 3.78. The first kappa shape index (κ1) is 12.4. The molecule has 0 atom stereocenters. The smallest absolute Gasteiger partial charge is 0.272 e. The molecule has 1 saturated carbocycles. The molecule has 1 aromatic rings. The molecule has 3 nitrogen and oxygen atoms in total. The Kier molecular flexibility index (Phi) is 4.00. The largest absolute Gasteiger partial charge is 0.337 e. The Morgan fingerprint density at radius 3 is 2.82 bits per heavy atom. The van der Waals surface area contributed by atoms with Crippen LogP contribution in [0.5, 0.6) is 0 Å². The molecule has 0 aliphatic heterocycles. The Morgan fingerprint density at radius 1 is 1.53 bits per heavy atom. The zero-order valence-corrected chi connectivity index (χ0v) is 10.8. The number of carbonyl (C=O) groups excluding carboxylic acids is 1.